The van der Waals surface area contributed by atoms with Crippen molar-refractivity contribution in [3.63, 3.8) is 0 Å². The first kappa shape index (κ1) is 14.5. The Kier molecular flexibility index (Phi) is 4.97. The SMILES string of the molecule is Cc1cc(C)cc(C(O)CCN(CCO)C2CC2)c1. The molecule has 0 heterocycles. The Bertz CT molecular complexity index is 395. The van der Waals surface area contributed by atoms with Gasteiger partial charge in [-0.2, -0.15) is 0 Å². The Labute approximate surface area is 115 Å². The first-order valence-electron chi connectivity index (χ1n) is 7.21. The van der Waals surface area contributed by atoms with Gasteiger partial charge >= 0.3 is 0 Å². The Morgan fingerprint density at radius 1 is 1.16 bits per heavy atom. The lowest BCUT2D eigenvalue weighted by atomic mass is 10.0. The van der Waals surface area contributed by atoms with Crippen molar-refractivity contribution in [1.29, 1.82) is 0 Å². The molecule has 1 fully saturated rings. The molecule has 1 aromatic carbocycles. The zero-order valence-corrected chi connectivity index (χ0v) is 12.0. The van der Waals surface area contributed by atoms with Crippen LogP contribution in [0, 0.1) is 13.8 Å². The molecule has 0 aromatic heterocycles. The molecule has 1 saturated carbocycles. The maximum Gasteiger partial charge on any atom is 0.0802 e. The Morgan fingerprint density at radius 3 is 2.32 bits per heavy atom. The fourth-order valence-corrected chi connectivity index (χ4v) is 2.70. The van der Waals surface area contributed by atoms with Crippen LogP contribution in [-0.2, 0) is 0 Å². The average molecular weight is 263 g/mol. The molecule has 0 saturated heterocycles. The zero-order valence-electron chi connectivity index (χ0n) is 12.0. The van der Waals surface area contributed by atoms with Crippen LogP contribution in [0.1, 0.15) is 42.1 Å². The summed E-state index contributed by atoms with van der Waals surface area (Å²) in [7, 11) is 0. The highest BCUT2D eigenvalue weighted by molar-refractivity contribution is 5.29. The van der Waals surface area contributed by atoms with E-state index < -0.39 is 6.10 Å². The molecule has 1 aromatic rings. The number of aliphatic hydroxyl groups is 2. The van der Waals surface area contributed by atoms with Crippen molar-refractivity contribution >= 4 is 0 Å². The lowest BCUT2D eigenvalue weighted by Crippen LogP contribution is -2.31. The second kappa shape index (κ2) is 6.51. The van der Waals surface area contributed by atoms with Crippen LogP contribution in [0.2, 0.25) is 0 Å². The van der Waals surface area contributed by atoms with E-state index >= 15 is 0 Å². The van der Waals surface area contributed by atoms with Crippen molar-refractivity contribution < 1.29 is 10.2 Å². The molecule has 0 aliphatic heterocycles. The molecular formula is C16H25NO2. The molecule has 1 atom stereocenters. The van der Waals surface area contributed by atoms with Gasteiger partial charge in [0.15, 0.2) is 0 Å². The summed E-state index contributed by atoms with van der Waals surface area (Å²) in [6.45, 7) is 5.91. The van der Waals surface area contributed by atoms with Crippen molar-refractivity contribution in [1.82, 2.24) is 4.90 Å². The second-order valence-electron chi connectivity index (χ2n) is 5.72. The zero-order chi connectivity index (χ0) is 13.8. The summed E-state index contributed by atoms with van der Waals surface area (Å²) in [5, 5.41) is 19.4. The summed E-state index contributed by atoms with van der Waals surface area (Å²) in [4.78, 5) is 2.30. The Hall–Kier alpha value is -0.900. The summed E-state index contributed by atoms with van der Waals surface area (Å²) >= 11 is 0. The van der Waals surface area contributed by atoms with Crippen molar-refractivity contribution in [2.75, 3.05) is 19.7 Å². The number of aliphatic hydroxyl groups excluding tert-OH is 2. The van der Waals surface area contributed by atoms with Gasteiger partial charge in [-0.25, -0.2) is 0 Å². The highest BCUT2D eigenvalue weighted by Crippen LogP contribution is 2.28. The first-order chi connectivity index (χ1) is 9.10. The molecule has 2 N–H and O–H groups in total. The number of rotatable bonds is 7. The number of hydrogen-bond donors (Lipinski definition) is 2. The summed E-state index contributed by atoms with van der Waals surface area (Å²) in [6.07, 6.45) is 2.80. The van der Waals surface area contributed by atoms with E-state index in [-0.39, 0.29) is 6.61 Å². The van der Waals surface area contributed by atoms with E-state index in [1.54, 1.807) is 0 Å². The van der Waals surface area contributed by atoms with Crippen LogP contribution >= 0.6 is 0 Å². The van der Waals surface area contributed by atoms with Crippen LogP contribution in [0.5, 0.6) is 0 Å². The van der Waals surface area contributed by atoms with Crippen LogP contribution in [0.15, 0.2) is 18.2 Å². The number of benzene rings is 1. The van der Waals surface area contributed by atoms with Gasteiger partial charge in [0.2, 0.25) is 0 Å². The van der Waals surface area contributed by atoms with E-state index in [4.69, 9.17) is 5.11 Å². The molecule has 3 nitrogen and oxygen atoms in total. The molecule has 1 unspecified atom stereocenters. The maximum absolute atomic E-state index is 10.3. The fourth-order valence-electron chi connectivity index (χ4n) is 2.70. The smallest absolute Gasteiger partial charge is 0.0802 e. The lowest BCUT2D eigenvalue weighted by Gasteiger charge is -2.22. The third-order valence-corrected chi connectivity index (χ3v) is 3.77. The summed E-state index contributed by atoms with van der Waals surface area (Å²) in [6, 6.07) is 6.88. The second-order valence-corrected chi connectivity index (χ2v) is 5.72. The predicted octanol–water partition coefficient (Wildman–Crippen LogP) is 2.18. The standard InChI is InChI=1S/C16H25NO2/c1-12-9-13(2)11-14(10-12)16(19)5-6-17(7-8-18)15-3-4-15/h9-11,15-16,18-19H,3-8H2,1-2H3. The minimum Gasteiger partial charge on any atom is -0.395 e. The molecule has 2 rings (SSSR count). The highest BCUT2D eigenvalue weighted by atomic mass is 16.3. The minimum absolute atomic E-state index is 0.205. The number of hydrogen-bond acceptors (Lipinski definition) is 3. The topological polar surface area (TPSA) is 43.7 Å². The van der Waals surface area contributed by atoms with E-state index in [0.717, 1.165) is 25.1 Å². The van der Waals surface area contributed by atoms with Crippen LogP contribution in [0.4, 0.5) is 0 Å². The van der Waals surface area contributed by atoms with Gasteiger partial charge in [0.1, 0.15) is 0 Å². The molecular weight excluding hydrogens is 238 g/mol. The van der Waals surface area contributed by atoms with E-state index in [1.807, 2.05) is 0 Å². The molecule has 106 valence electrons. The van der Waals surface area contributed by atoms with Gasteiger partial charge in [-0.15, -0.1) is 0 Å². The molecule has 1 aliphatic carbocycles. The lowest BCUT2D eigenvalue weighted by molar-refractivity contribution is 0.127. The van der Waals surface area contributed by atoms with Gasteiger partial charge in [-0.3, -0.25) is 4.90 Å². The van der Waals surface area contributed by atoms with Gasteiger partial charge in [0.25, 0.3) is 0 Å². The summed E-state index contributed by atoms with van der Waals surface area (Å²) < 4.78 is 0. The van der Waals surface area contributed by atoms with E-state index in [9.17, 15) is 5.11 Å². The van der Waals surface area contributed by atoms with Gasteiger partial charge in [0.05, 0.1) is 12.7 Å². The molecule has 0 amide bonds. The Balaban J connectivity index is 1.90. The predicted molar refractivity (Wildman–Crippen MR) is 77.2 cm³/mol. The largest absolute Gasteiger partial charge is 0.395 e. The molecule has 0 radical (unpaired) electrons. The first-order valence-corrected chi connectivity index (χ1v) is 7.21. The van der Waals surface area contributed by atoms with E-state index in [0.29, 0.717) is 6.04 Å². The molecule has 3 heteroatoms. The third-order valence-electron chi connectivity index (χ3n) is 3.77. The van der Waals surface area contributed by atoms with Crippen LogP contribution in [0.3, 0.4) is 0 Å². The van der Waals surface area contributed by atoms with Crippen molar-refractivity contribution in [3.05, 3.63) is 34.9 Å². The highest BCUT2D eigenvalue weighted by Gasteiger charge is 2.28. The molecule has 0 bridgehead atoms. The normalized spacial score (nSPS) is 16.9. The van der Waals surface area contributed by atoms with E-state index in [1.165, 1.54) is 24.0 Å². The molecule has 1 aliphatic rings. The fraction of sp³-hybridized carbons (Fsp3) is 0.625. The summed E-state index contributed by atoms with van der Waals surface area (Å²) in [5.41, 5.74) is 3.41. The van der Waals surface area contributed by atoms with Crippen LogP contribution < -0.4 is 0 Å². The third kappa shape index (κ3) is 4.30. The number of nitrogens with zero attached hydrogens (tertiary/aromatic N) is 1. The van der Waals surface area contributed by atoms with Gasteiger partial charge < -0.3 is 10.2 Å². The van der Waals surface area contributed by atoms with Crippen molar-refractivity contribution in [2.45, 2.75) is 45.3 Å². The van der Waals surface area contributed by atoms with Crippen LogP contribution in [-0.4, -0.2) is 40.9 Å². The summed E-state index contributed by atoms with van der Waals surface area (Å²) in [5.74, 6) is 0. The van der Waals surface area contributed by atoms with Crippen LogP contribution in [0.25, 0.3) is 0 Å². The quantitative estimate of drug-likeness (QED) is 0.792. The minimum atomic E-state index is -0.404. The average Bonchev–Trinajstić information content (AvgIpc) is 3.17. The van der Waals surface area contributed by atoms with Crippen molar-refractivity contribution in [2.24, 2.45) is 0 Å². The Morgan fingerprint density at radius 2 is 1.79 bits per heavy atom. The van der Waals surface area contributed by atoms with Gasteiger partial charge in [-0.05, 0) is 38.7 Å². The van der Waals surface area contributed by atoms with Crippen molar-refractivity contribution in [3.8, 4) is 0 Å². The monoisotopic (exact) mass is 263 g/mol. The van der Waals surface area contributed by atoms with Gasteiger partial charge in [-0.1, -0.05) is 29.3 Å². The maximum atomic E-state index is 10.3. The molecule has 0 spiro atoms. The molecule has 19 heavy (non-hydrogen) atoms. The van der Waals surface area contributed by atoms with E-state index in [2.05, 4.69) is 36.9 Å². The number of aryl methyl sites for hydroxylation is 2. The van der Waals surface area contributed by atoms with Gasteiger partial charge in [0, 0.05) is 19.1 Å².